The van der Waals surface area contributed by atoms with E-state index in [0.29, 0.717) is 26.3 Å². The van der Waals surface area contributed by atoms with E-state index < -0.39 is 0 Å². The van der Waals surface area contributed by atoms with Crippen LogP contribution in [0.1, 0.15) is 62.5 Å². The molecule has 2 saturated heterocycles. The predicted molar refractivity (Wildman–Crippen MR) is 134 cm³/mol. The topological polar surface area (TPSA) is 57.9 Å². The number of carbonyl (C=O) groups excluding carboxylic acids is 1. The number of piperidine rings is 1. The standard InChI is InChI=1S/C24H28N4O2S2/c1-16-10-11-20-25-21(26-12-6-3-7-13-26)18(22(29)27(20)15-16)14-19-23(30)28(24(31)32-19)17-8-4-2-5-9-17/h10-11,14-15,17H,2-9,12-13H2,1H3/b19-14-. The van der Waals surface area contributed by atoms with E-state index in [-0.39, 0.29) is 17.5 Å². The highest BCUT2D eigenvalue weighted by Crippen LogP contribution is 2.38. The molecule has 1 aliphatic carbocycles. The largest absolute Gasteiger partial charge is 0.356 e. The molecule has 1 saturated carbocycles. The van der Waals surface area contributed by atoms with E-state index in [0.717, 1.165) is 57.2 Å². The lowest BCUT2D eigenvalue weighted by atomic mass is 9.94. The van der Waals surface area contributed by atoms with Gasteiger partial charge in [0, 0.05) is 25.3 Å². The van der Waals surface area contributed by atoms with Crippen LogP contribution >= 0.6 is 24.0 Å². The van der Waals surface area contributed by atoms with Gasteiger partial charge in [-0.15, -0.1) is 0 Å². The van der Waals surface area contributed by atoms with Crippen molar-refractivity contribution in [3.63, 3.8) is 0 Å². The van der Waals surface area contributed by atoms with Crippen LogP contribution < -0.4 is 10.5 Å². The average Bonchev–Trinajstić information content (AvgIpc) is 3.09. The molecule has 6 nitrogen and oxygen atoms in total. The van der Waals surface area contributed by atoms with E-state index >= 15 is 0 Å². The molecule has 0 N–H and O–H groups in total. The van der Waals surface area contributed by atoms with Crippen molar-refractivity contribution in [1.29, 1.82) is 0 Å². The first kappa shape index (κ1) is 21.6. The maximum Gasteiger partial charge on any atom is 0.267 e. The van der Waals surface area contributed by atoms with Crippen LogP contribution in [-0.2, 0) is 4.79 Å². The molecule has 32 heavy (non-hydrogen) atoms. The Bertz CT molecular complexity index is 1160. The molecule has 0 spiro atoms. The van der Waals surface area contributed by atoms with Crippen molar-refractivity contribution >= 4 is 51.7 Å². The van der Waals surface area contributed by atoms with E-state index in [2.05, 4.69) is 4.90 Å². The SMILES string of the molecule is Cc1ccc2nc(N3CCCCC3)c(/C=C3\SC(=S)N(C4CCCCC4)C3=O)c(=O)n2c1. The number of thioether (sulfide) groups is 1. The zero-order valence-electron chi connectivity index (χ0n) is 18.4. The molecule has 3 fully saturated rings. The molecule has 168 valence electrons. The summed E-state index contributed by atoms with van der Waals surface area (Å²) in [7, 11) is 0. The molecule has 4 heterocycles. The lowest BCUT2D eigenvalue weighted by Gasteiger charge is -2.30. The summed E-state index contributed by atoms with van der Waals surface area (Å²) < 4.78 is 2.20. The number of hydrogen-bond acceptors (Lipinski definition) is 6. The fraction of sp³-hybridized carbons (Fsp3) is 0.500. The Morgan fingerprint density at radius 2 is 1.78 bits per heavy atom. The first-order chi connectivity index (χ1) is 15.5. The quantitative estimate of drug-likeness (QED) is 0.487. The number of thiocarbonyl (C=S) groups is 1. The van der Waals surface area contributed by atoms with Gasteiger partial charge in [-0.05, 0) is 56.7 Å². The van der Waals surface area contributed by atoms with Gasteiger partial charge in [-0.25, -0.2) is 4.98 Å². The zero-order valence-corrected chi connectivity index (χ0v) is 20.0. The summed E-state index contributed by atoms with van der Waals surface area (Å²) in [6, 6.07) is 4.04. The summed E-state index contributed by atoms with van der Waals surface area (Å²) in [6.45, 7) is 3.70. The van der Waals surface area contributed by atoms with Crippen molar-refractivity contribution in [2.24, 2.45) is 0 Å². The highest BCUT2D eigenvalue weighted by molar-refractivity contribution is 8.26. The van der Waals surface area contributed by atoms with Gasteiger partial charge >= 0.3 is 0 Å². The average molecular weight is 469 g/mol. The molecule has 5 rings (SSSR count). The molecular weight excluding hydrogens is 440 g/mol. The molecule has 0 unspecified atom stereocenters. The number of anilines is 1. The van der Waals surface area contributed by atoms with Crippen molar-refractivity contribution in [3.05, 3.63) is 44.7 Å². The Labute approximate surface area is 197 Å². The second-order valence-electron chi connectivity index (χ2n) is 8.98. The minimum Gasteiger partial charge on any atom is -0.356 e. The molecule has 1 amide bonds. The zero-order chi connectivity index (χ0) is 22.2. The van der Waals surface area contributed by atoms with Crippen LogP contribution in [0.5, 0.6) is 0 Å². The van der Waals surface area contributed by atoms with E-state index in [4.69, 9.17) is 17.2 Å². The number of nitrogens with zero attached hydrogens (tertiary/aromatic N) is 4. The molecule has 0 atom stereocenters. The Morgan fingerprint density at radius 1 is 1.06 bits per heavy atom. The van der Waals surface area contributed by atoms with E-state index in [1.54, 1.807) is 15.4 Å². The van der Waals surface area contributed by atoms with Gasteiger partial charge in [0.25, 0.3) is 11.5 Å². The summed E-state index contributed by atoms with van der Waals surface area (Å²) in [6.07, 6.45) is 12.4. The van der Waals surface area contributed by atoms with Crippen LogP contribution in [-0.4, -0.2) is 43.6 Å². The van der Waals surface area contributed by atoms with Gasteiger partial charge in [0.15, 0.2) is 0 Å². The van der Waals surface area contributed by atoms with Crippen LogP contribution in [0.3, 0.4) is 0 Å². The first-order valence-electron chi connectivity index (χ1n) is 11.6. The molecule has 0 aromatic carbocycles. The number of fused-ring (bicyclic) bond motifs is 1. The number of aryl methyl sites for hydroxylation is 1. The van der Waals surface area contributed by atoms with Crippen LogP contribution in [0.4, 0.5) is 5.82 Å². The van der Waals surface area contributed by atoms with E-state index in [1.165, 1.54) is 24.6 Å². The lowest BCUT2D eigenvalue weighted by molar-refractivity contribution is -0.124. The minimum atomic E-state index is -0.137. The van der Waals surface area contributed by atoms with Crippen LogP contribution in [0.15, 0.2) is 28.0 Å². The van der Waals surface area contributed by atoms with Gasteiger partial charge in [-0.3, -0.25) is 18.9 Å². The highest BCUT2D eigenvalue weighted by Gasteiger charge is 2.38. The summed E-state index contributed by atoms with van der Waals surface area (Å²) in [5.74, 6) is 0.617. The van der Waals surface area contributed by atoms with Gasteiger partial charge in [0.1, 0.15) is 15.8 Å². The number of hydrogen-bond donors (Lipinski definition) is 0. The van der Waals surface area contributed by atoms with Crippen LogP contribution in [0, 0.1) is 6.92 Å². The summed E-state index contributed by atoms with van der Waals surface area (Å²) in [5, 5.41) is 0. The van der Waals surface area contributed by atoms with E-state index in [9.17, 15) is 9.59 Å². The monoisotopic (exact) mass is 468 g/mol. The number of amides is 1. The van der Waals surface area contributed by atoms with Gasteiger partial charge < -0.3 is 4.90 Å². The Balaban J connectivity index is 1.60. The molecule has 2 aliphatic heterocycles. The summed E-state index contributed by atoms with van der Waals surface area (Å²) >= 11 is 6.91. The fourth-order valence-corrected chi connectivity index (χ4v) is 6.37. The number of pyridine rings is 1. The molecular formula is C24H28N4O2S2. The third kappa shape index (κ3) is 3.99. The van der Waals surface area contributed by atoms with Gasteiger partial charge in [0.05, 0.1) is 10.5 Å². The third-order valence-corrected chi connectivity index (χ3v) is 8.01. The van der Waals surface area contributed by atoms with Crippen molar-refractivity contribution in [1.82, 2.24) is 14.3 Å². The van der Waals surface area contributed by atoms with Crippen molar-refractivity contribution in [2.45, 2.75) is 64.3 Å². The lowest BCUT2D eigenvalue weighted by Crippen LogP contribution is -2.39. The van der Waals surface area contributed by atoms with Crippen molar-refractivity contribution in [2.75, 3.05) is 18.0 Å². The molecule has 3 aliphatic rings. The Kier molecular flexibility index (Phi) is 6.07. The van der Waals surface area contributed by atoms with E-state index in [1.807, 2.05) is 25.3 Å². The molecule has 2 aromatic heterocycles. The third-order valence-electron chi connectivity index (χ3n) is 6.68. The summed E-state index contributed by atoms with van der Waals surface area (Å²) in [5.41, 5.74) is 1.97. The second-order valence-corrected chi connectivity index (χ2v) is 10.7. The number of carbonyl (C=O) groups is 1. The minimum absolute atomic E-state index is 0.0646. The highest BCUT2D eigenvalue weighted by atomic mass is 32.2. The fourth-order valence-electron chi connectivity index (χ4n) is 4.99. The number of rotatable bonds is 3. The van der Waals surface area contributed by atoms with Gasteiger partial charge in [0.2, 0.25) is 0 Å². The number of aromatic nitrogens is 2. The molecule has 8 heteroatoms. The normalized spacial score (nSPS) is 21.8. The van der Waals surface area contributed by atoms with Gasteiger partial charge in [-0.1, -0.05) is 49.3 Å². The maximum absolute atomic E-state index is 13.6. The molecule has 0 bridgehead atoms. The predicted octanol–water partition coefficient (Wildman–Crippen LogP) is 4.53. The van der Waals surface area contributed by atoms with Crippen LogP contribution in [0.2, 0.25) is 0 Å². The summed E-state index contributed by atoms with van der Waals surface area (Å²) in [4.78, 5) is 36.3. The Hall–Kier alpha value is -2.19. The smallest absolute Gasteiger partial charge is 0.267 e. The van der Waals surface area contributed by atoms with Crippen molar-refractivity contribution < 1.29 is 4.79 Å². The van der Waals surface area contributed by atoms with Gasteiger partial charge in [-0.2, -0.15) is 0 Å². The van der Waals surface area contributed by atoms with Crippen LogP contribution in [0.25, 0.3) is 11.7 Å². The first-order valence-corrected chi connectivity index (χ1v) is 12.8. The molecule has 0 radical (unpaired) electrons. The van der Waals surface area contributed by atoms with Crippen molar-refractivity contribution in [3.8, 4) is 0 Å². The molecule has 2 aromatic rings. The Morgan fingerprint density at radius 3 is 2.53 bits per heavy atom. The maximum atomic E-state index is 13.6. The second kappa shape index (κ2) is 8.98.